The molecule has 180 valence electrons. The number of nitrogens with one attached hydrogen (secondary N) is 3. The third kappa shape index (κ3) is 5.36. The fraction of sp³-hybridized carbons (Fsp3) is 0.0870. The van der Waals surface area contributed by atoms with Gasteiger partial charge in [0.2, 0.25) is 5.71 Å². The van der Waals surface area contributed by atoms with Gasteiger partial charge in [-0.25, -0.2) is 18.2 Å². The lowest BCUT2D eigenvalue weighted by molar-refractivity contribution is -0.132. The van der Waals surface area contributed by atoms with E-state index in [-0.39, 0.29) is 22.1 Å². The average molecular weight is 514 g/mol. The number of sulfonamides is 1. The van der Waals surface area contributed by atoms with Crippen molar-refractivity contribution in [2.24, 2.45) is 5.10 Å². The molecule has 35 heavy (non-hydrogen) atoms. The Hall–Kier alpha value is -4.09. The highest BCUT2D eigenvalue weighted by molar-refractivity contribution is 7.92. The van der Waals surface area contributed by atoms with Crippen LogP contribution in [0.5, 0.6) is 5.75 Å². The fourth-order valence-electron chi connectivity index (χ4n) is 3.15. The quantitative estimate of drug-likeness (QED) is 0.184. The van der Waals surface area contributed by atoms with Crippen LogP contribution in [0.3, 0.4) is 0 Å². The molecular weight excluding hydrogens is 494 g/mol. The number of methoxy groups -OCH3 is 2. The first kappa shape index (κ1) is 24.0. The number of H-pyrrole nitrogens is 1. The number of anilines is 2. The Morgan fingerprint density at radius 2 is 1.80 bits per heavy atom. The van der Waals surface area contributed by atoms with Crippen LogP contribution in [-0.4, -0.2) is 44.3 Å². The van der Waals surface area contributed by atoms with Gasteiger partial charge in [-0.2, -0.15) is 5.10 Å². The van der Waals surface area contributed by atoms with Crippen molar-refractivity contribution in [1.29, 1.82) is 0 Å². The van der Waals surface area contributed by atoms with Gasteiger partial charge >= 0.3 is 5.97 Å². The van der Waals surface area contributed by atoms with Gasteiger partial charge in [0.05, 0.1) is 35.8 Å². The number of hydrazone groups is 1. The molecule has 0 atom stereocenters. The number of benzene rings is 3. The van der Waals surface area contributed by atoms with Crippen molar-refractivity contribution in [3.05, 3.63) is 77.6 Å². The minimum Gasteiger partial charge on any atom is -0.495 e. The van der Waals surface area contributed by atoms with Crippen LogP contribution < -0.4 is 14.9 Å². The number of aromatic amines is 1. The molecule has 0 aliphatic carbocycles. The van der Waals surface area contributed by atoms with Crippen molar-refractivity contribution in [2.75, 3.05) is 24.4 Å². The largest absolute Gasteiger partial charge is 0.495 e. The van der Waals surface area contributed by atoms with Gasteiger partial charge in [-0.15, -0.1) is 0 Å². The molecule has 1 aromatic heterocycles. The van der Waals surface area contributed by atoms with E-state index < -0.39 is 16.0 Å². The normalized spacial score (nSPS) is 11.8. The summed E-state index contributed by atoms with van der Waals surface area (Å²) in [6.45, 7) is 0. The van der Waals surface area contributed by atoms with E-state index in [0.717, 1.165) is 0 Å². The molecular formula is C23H20ClN5O5S. The van der Waals surface area contributed by atoms with Crippen molar-refractivity contribution < 1.29 is 22.7 Å². The van der Waals surface area contributed by atoms with E-state index in [0.29, 0.717) is 27.5 Å². The highest BCUT2D eigenvalue weighted by atomic mass is 35.5. The predicted octanol–water partition coefficient (Wildman–Crippen LogP) is 4.01. The van der Waals surface area contributed by atoms with Crippen LogP contribution in [0, 0.1) is 0 Å². The van der Waals surface area contributed by atoms with E-state index in [4.69, 9.17) is 21.1 Å². The van der Waals surface area contributed by atoms with Crippen molar-refractivity contribution in [2.45, 2.75) is 4.90 Å². The maximum absolute atomic E-state index is 12.9. The SMILES string of the molecule is COC(=O)/C(=N\Nc1cc(S(=O)(=O)Nc2ccc(Cl)cc2)ccc1OC)c1nc2ccccc2[nH]1. The summed E-state index contributed by atoms with van der Waals surface area (Å²) < 4.78 is 38.5. The van der Waals surface area contributed by atoms with Gasteiger partial charge < -0.3 is 14.5 Å². The summed E-state index contributed by atoms with van der Waals surface area (Å²) in [6.07, 6.45) is 0. The number of imidazole rings is 1. The van der Waals surface area contributed by atoms with Crippen molar-refractivity contribution in [3.8, 4) is 5.75 Å². The van der Waals surface area contributed by atoms with Crippen molar-refractivity contribution in [3.63, 3.8) is 0 Å². The number of halogens is 1. The predicted molar refractivity (Wildman–Crippen MR) is 134 cm³/mol. The summed E-state index contributed by atoms with van der Waals surface area (Å²) in [5, 5.41) is 4.62. The Morgan fingerprint density at radius 1 is 1.06 bits per heavy atom. The number of hydrogen-bond donors (Lipinski definition) is 3. The summed E-state index contributed by atoms with van der Waals surface area (Å²) >= 11 is 5.86. The van der Waals surface area contributed by atoms with Gasteiger partial charge in [0.1, 0.15) is 5.75 Å². The lowest BCUT2D eigenvalue weighted by Gasteiger charge is -2.12. The molecule has 0 saturated carbocycles. The molecule has 0 spiro atoms. The summed E-state index contributed by atoms with van der Waals surface area (Å²) in [4.78, 5) is 19.7. The molecule has 0 fully saturated rings. The smallest absolute Gasteiger partial charge is 0.362 e. The first-order valence-electron chi connectivity index (χ1n) is 10.1. The monoisotopic (exact) mass is 513 g/mol. The van der Waals surface area contributed by atoms with E-state index in [1.165, 1.54) is 32.4 Å². The molecule has 3 aromatic carbocycles. The molecule has 12 heteroatoms. The number of aromatic nitrogens is 2. The highest BCUT2D eigenvalue weighted by Crippen LogP contribution is 2.29. The minimum absolute atomic E-state index is 0.0608. The highest BCUT2D eigenvalue weighted by Gasteiger charge is 2.21. The van der Waals surface area contributed by atoms with Crippen molar-refractivity contribution >= 4 is 55.7 Å². The van der Waals surface area contributed by atoms with E-state index in [1.54, 1.807) is 36.4 Å². The van der Waals surface area contributed by atoms with Crippen LogP contribution in [0.4, 0.5) is 11.4 Å². The molecule has 10 nitrogen and oxygen atoms in total. The van der Waals surface area contributed by atoms with Crippen LogP contribution in [0.2, 0.25) is 5.02 Å². The first-order valence-corrected chi connectivity index (χ1v) is 12.0. The molecule has 0 bridgehead atoms. The third-order valence-corrected chi connectivity index (χ3v) is 6.49. The molecule has 1 heterocycles. The Labute approximate surface area is 206 Å². The van der Waals surface area contributed by atoms with Gasteiger partial charge in [0, 0.05) is 10.7 Å². The number of fused-ring (bicyclic) bond motifs is 1. The van der Waals surface area contributed by atoms with Gasteiger partial charge in [0.15, 0.2) is 5.82 Å². The second-order valence-electron chi connectivity index (χ2n) is 7.14. The topological polar surface area (TPSA) is 135 Å². The van der Waals surface area contributed by atoms with E-state index in [9.17, 15) is 13.2 Å². The summed E-state index contributed by atoms with van der Waals surface area (Å²) in [6, 6.07) is 17.6. The molecule has 0 aliphatic heterocycles. The third-order valence-electron chi connectivity index (χ3n) is 4.86. The molecule has 0 radical (unpaired) electrons. The van der Waals surface area contributed by atoms with Crippen LogP contribution >= 0.6 is 11.6 Å². The second-order valence-corrected chi connectivity index (χ2v) is 9.26. The number of carbonyl (C=O) groups excluding carboxylic acids is 1. The Balaban J connectivity index is 1.67. The number of carbonyl (C=O) groups is 1. The maximum Gasteiger partial charge on any atom is 0.362 e. The van der Waals surface area contributed by atoms with E-state index >= 15 is 0 Å². The molecule has 0 unspecified atom stereocenters. The first-order chi connectivity index (χ1) is 16.8. The molecule has 4 rings (SSSR count). The molecule has 4 aromatic rings. The van der Waals surface area contributed by atoms with Gasteiger partial charge in [-0.3, -0.25) is 10.1 Å². The van der Waals surface area contributed by atoms with Crippen molar-refractivity contribution in [1.82, 2.24) is 9.97 Å². The van der Waals surface area contributed by atoms with Crippen LogP contribution in [-0.2, 0) is 19.6 Å². The molecule has 0 amide bonds. The van der Waals surface area contributed by atoms with Gasteiger partial charge in [0.25, 0.3) is 10.0 Å². The number of ether oxygens (including phenoxy) is 2. The number of rotatable bonds is 8. The number of hydrogen-bond acceptors (Lipinski definition) is 8. The molecule has 3 N–H and O–H groups in total. The van der Waals surface area contributed by atoms with E-state index in [1.807, 2.05) is 12.1 Å². The molecule has 0 saturated heterocycles. The van der Waals surface area contributed by atoms with Gasteiger partial charge in [-0.05, 0) is 54.6 Å². The number of para-hydroxylation sites is 2. The Kier molecular flexibility index (Phi) is 6.90. The van der Waals surface area contributed by atoms with E-state index in [2.05, 4.69) is 25.2 Å². The zero-order valence-corrected chi connectivity index (χ0v) is 20.1. The van der Waals surface area contributed by atoms with Crippen LogP contribution in [0.15, 0.2) is 76.7 Å². The fourth-order valence-corrected chi connectivity index (χ4v) is 4.36. The van der Waals surface area contributed by atoms with Crippen LogP contribution in [0.25, 0.3) is 11.0 Å². The van der Waals surface area contributed by atoms with Gasteiger partial charge in [-0.1, -0.05) is 23.7 Å². The summed E-state index contributed by atoms with van der Waals surface area (Å²) in [5.41, 5.74) is 4.44. The number of esters is 1. The lowest BCUT2D eigenvalue weighted by atomic mass is 10.3. The summed E-state index contributed by atoms with van der Waals surface area (Å²) in [7, 11) is -1.31. The minimum atomic E-state index is -3.95. The Bertz CT molecular complexity index is 1480. The standard InChI is InChI=1S/C23H20ClN5O5S/c1-33-20-12-11-16(35(31,32)29-15-9-7-14(24)8-10-15)13-19(20)27-28-21(23(30)34-2)22-25-17-5-3-4-6-18(17)26-22/h3-13,27,29H,1-2H3,(H,25,26)/b28-21-. The lowest BCUT2D eigenvalue weighted by Crippen LogP contribution is -2.20. The number of nitrogens with zero attached hydrogens (tertiary/aromatic N) is 2. The molecule has 0 aliphatic rings. The summed E-state index contributed by atoms with van der Waals surface area (Å²) in [5.74, 6) is -0.269. The zero-order chi connectivity index (χ0) is 25.0. The zero-order valence-electron chi connectivity index (χ0n) is 18.6. The average Bonchev–Trinajstić information content (AvgIpc) is 3.29. The second kappa shape index (κ2) is 10.0. The Morgan fingerprint density at radius 3 is 2.49 bits per heavy atom. The van der Waals surface area contributed by atoms with Crippen LogP contribution in [0.1, 0.15) is 5.82 Å². The maximum atomic E-state index is 12.9.